The Morgan fingerprint density at radius 2 is 1.88 bits per heavy atom. The molecule has 0 amide bonds. The van der Waals surface area contributed by atoms with Crippen molar-refractivity contribution in [1.29, 1.82) is 0 Å². The molecule has 92 valence electrons. The first kappa shape index (κ1) is 14.0. The van der Waals surface area contributed by atoms with E-state index in [2.05, 4.69) is 62.5 Å². The summed E-state index contributed by atoms with van der Waals surface area (Å²) in [4.78, 5) is 11.8. The third-order valence-electron chi connectivity index (χ3n) is 2.64. The van der Waals surface area contributed by atoms with Crippen LogP contribution in [0.4, 0.5) is 0 Å². The highest BCUT2D eigenvalue weighted by molar-refractivity contribution is 14.1. The second-order valence-corrected chi connectivity index (χ2v) is 7.73. The van der Waals surface area contributed by atoms with Gasteiger partial charge in [0.2, 0.25) is 0 Å². The molecule has 0 atom stereocenters. The Balaban J connectivity index is 2.77. The molecular formula is C13H22INO. The summed E-state index contributed by atoms with van der Waals surface area (Å²) in [6, 6.07) is 0. The van der Waals surface area contributed by atoms with Gasteiger partial charge in [0.15, 0.2) is 5.78 Å². The van der Waals surface area contributed by atoms with Gasteiger partial charge >= 0.3 is 0 Å². The summed E-state index contributed by atoms with van der Waals surface area (Å²) in [7, 11) is 0. The largest absolute Gasteiger partial charge is 0.387 e. The molecular weight excluding hydrogens is 313 g/mol. The molecule has 0 unspecified atom stereocenters. The fourth-order valence-electron chi connectivity index (χ4n) is 1.81. The van der Waals surface area contributed by atoms with Crippen LogP contribution in [-0.4, -0.2) is 12.3 Å². The molecule has 1 aliphatic carbocycles. The maximum atomic E-state index is 11.8. The maximum Gasteiger partial charge on any atom is 0.171 e. The molecule has 0 spiro atoms. The van der Waals surface area contributed by atoms with Crippen molar-refractivity contribution in [2.24, 2.45) is 10.8 Å². The van der Waals surface area contributed by atoms with E-state index in [0.717, 1.165) is 22.2 Å². The smallest absolute Gasteiger partial charge is 0.171 e. The minimum absolute atomic E-state index is 0.103. The molecule has 0 heterocycles. The number of carbonyl (C=O) groups is 1. The third kappa shape index (κ3) is 4.07. The summed E-state index contributed by atoms with van der Waals surface area (Å²) in [5.74, 6) is 0.285. The van der Waals surface area contributed by atoms with Crippen LogP contribution in [0.3, 0.4) is 0 Å². The average Bonchev–Trinajstić information content (AvgIpc) is 2.06. The lowest BCUT2D eigenvalue weighted by Gasteiger charge is -2.32. The van der Waals surface area contributed by atoms with Gasteiger partial charge in [-0.15, -0.1) is 0 Å². The van der Waals surface area contributed by atoms with Crippen LogP contribution in [0.5, 0.6) is 0 Å². The number of hydrogen-bond donors (Lipinski definition) is 1. The molecule has 3 heteroatoms. The van der Waals surface area contributed by atoms with Crippen molar-refractivity contribution in [3.05, 3.63) is 9.28 Å². The Labute approximate surface area is 112 Å². The second-order valence-electron chi connectivity index (χ2n) is 6.65. The lowest BCUT2D eigenvalue weighted by Crippen LogP contribution is -2.33. The minimum atomic E-state index is 0.103. The summed E-state index contributed by atoms with van der Waals surface area (Å²) in [5, 5.41) is 3.45. The average molecular weight is 335 g/mol. The lowest BCUT2D eigenvalue weighted by atomic mass is 9.78. The van der Waals surface area contributed by atoms with Gasteiger partial charge in [0.25, 0.3) is 0 Å². The Kier molecular flexibility index (Phi) is 4.08. The number of halogens is 1. The molecule has 0 aliphatic heterocycles. The van der Waals surface area contributed by atoms with Gasteiger partial charge in [-0.3, -0.25) is 4.79 Å². The van der Waals surface area contributed by atoms with Crippen molar-refractivity contribution in [2.45, 2.75) is 47.5 Å². The SMILES string of the molecule is CC(C)(C)CNC1=C(I)C(=O)CC(C)(C)C1. The third-order valence-corrected chi connectivity index (χ3v) is 3.89. The van der Waals surface area contributed by atoms with E-state index in [1.165, 1.54) is 0 Å². The zero-order chi connectivity index (χ0) is 12.6. The molecule has 0 saturated heterocycles. The van der Waals surface area contributed by atoms with Crippen molar-refractivity contribution in [1.82, 2.24) is 5.32 Å². The first-order chi connectivity index (χ1) is 7.11. The highest BCUT2D eigenvalue weighted by Crippen LogP contribution is 2.38. The zero-order valence-corrected chi connectivity index (χ0v) is 13.1. The van der Waals surface area contributed by atoms with E-state index in [4.69, 9.17) is 0 Å². The van der Waals surface area contributed by atoms with Crippen molar-refractivity contribution < 1.29 is 4.79 Å². The molecule has 0 aromatic heterocycles. The molecule has 0 aromatic carbocycles. The quantitative estimate of drug-likeness (QED) is 0.781. The number of Topliss-reactive ketones (excluding diaryl/α,β-unsaturated/α-hetero) is 1. The molecule has 2 nitrogen and oxygen atoms in total. The van der Waals surface area contributed by atoms with E-state index in [0.29, 0.717) is 6.42 Å². The second kappa shape index (κ2) is 4.67. The Morgan fingerprint density at radius 3 is 2.38 bits per heavy atom. The van der Waals surface area contributed by atoms with Gasteiger partial charge in [-0.25, -0.2) is 0 Å². The molecule has 0 radical (unpaired) electrons. The summed E-state index contributed by atoms with van der Waals surface area (Å²) >= 11 is 2.18. The highest BCUT2D eigenvalue weighted by atomic mass is 127. The van der Waals surface area contributed by atoms with E-state index in [1.54, 1.807) is 0 Å². The molecule has 1 N–H and O–H groups in total. The van der Waals surface area contributed by atoms with Gasteiger partial charge in [-0.05, 0) is 39.8 Å². The predicted octanol–water partition coefficient (Wildman–Crippen LogP) is 3.66. The topological polar surface area (TPSA) is 29.1 Å². The van der Waals surface area contributed by atoms with Crippen LogP contribution in [0.1, 0.15) is 47.5 Å². The summed E-state index contributed by atoms with van der Waals surface area (Å²) in [6.07, 6.45) is 1.65. The van der Waals surface area contributed by atoms with Gasteiger partial charge in [0, 0.05) is 18.7 Å². The van der Waals surface area contributed by atoms with E-state index in [9.17, 15) is 4.79 Å². The number of ketones is 1. The van der Waals surface area contributed by atoms with Crippen LogP contribution in [0, 0.1) is 10.8 Å². The van der Waals surface area contributed by atoms with Gasteiger partial charge in [-0.2, -0.15) is 0 Å². The fourth-order valence-corrected chi connectivity index (χ4v) is 2.38. The van der Waals surface area contributed by atoms with E-state index in [1.807, 2.05) is 0 Å². The number of hydrogen-bond acceptors (Lipinski definition) is 2. The number of allylic oxidation sites excluding steroid dienone is 2. The van der Waals surface area contributed by atoms with Crippen LogP contribution in [0.25, 0.3) is 0 Å². The number of rotatable bonds is 2. The Bertz CT molecular complexity index is 323. The van der Waals surface area contributed by atoms with Crippen LogP contribution in [0.2, 0.25) is 0 Å². The number of nitrogens with one attached hydrogen (secondary N) is 1. The van der Waals surface area contributed by atoms with Gasteiger partial charge in [-0.1, -0.05) is 34.6 Å². The molecule has 0 fully saturated rings. The normalized spacial score (nSPS) is 21.2. The van der Waals surface area contributed by atoms with Gasteiger partial charge in [0.05, 0.1) is 3.58 Å². The maximum absolute atomic E-state index is 11.8. The fraction of sp³-hybridized carbons (Fsp3) is 0.769. The van der Waals surface area contributed by atoms with Crippen LogP contribution >= 0.6 is 22.6 Å². The summed E-state index contributed by atoms with van der Waals surface area (Å²) < 4.78 is 0.904. The Hall–Kier alpha value is -0.0600. The van der Waals surface area contributed by atoms with E-state index >= 15 is 0 Å². The monoisotopic (exact) mass is 335 g/mol. The molecule has 0 bridgehead atoms. The first-order valence-corrected chi connectivity index (χ1v) is 6.84. The van der Waals surface area contributed by atoms with Crippen molar-refractivity contribution in [3.8, 4) is 0 Å². The van der Waals surface area contributed by atoms with E-state index in [-0.39, 0.29) is 16.6 Å². The lowest BCUT2D eigenvalue weighted by molar-refractivity contribution is -0.117. The van der Waals surface area contributed by atoms with Crippen molar-refractivity contribution in [3.63, 3.8) is 0 Å². The number of carbonyl (C=O) groups excluding carboxylic acids is 1. The standard InChI is InChI=1S/C13H22INO/c1-12(2,3)8-15-9-6-13(4,5)7-10(16)11(9)14/h15H,6-8H2,1-5H3. The van der Waals surface area contributed by atoms with Crippen LogP contribution in [0.15, 0.2) is 9.28 Å². The predicted molar refractivity (Wildman–Crippen MR) is 76.5 cm³/mol. The molecule has 16 heavy (non-hydrogen) atoms. The summed E-state index contributed by atoms with van der Waals surface area (Å²) in [5.41, 5.74) is 1.48. The zero-order valence-electron chi connectivity index (χ0n) is 10.9. The molecule has 0 saturated carbocycles. The van der Waals surface area contributed by atoms with Crippen LogP contribution < -0.4 is 5.32 Å². The Morgan fingerprint density at radius 1 is 1.31 bits per heavy atom. The van der Waals surface area contributed by atoms with Crippen LogP contribution in [-0.2, 0) is 4.79 Å². The first-order valence-electron chi connectivity index (χ1n) is 5.76. The van der Waals surface area contributed by atoms with Gasteiger partial charge in [0.1, 0.15) is 0 Å². The molecule has 1 rings (SSSR count). The molecule has 0 aromatic rings. The van der Waals surface area contributed by atoms with Gasteiger partial charge < -0.3 is 5.32 Å². The summed E-state index contributed by atoms with van der Waals surface area (Å²) in [6.45, 7) is 11.8. The van der Waals surface area contributed by atoms with E-state index < -0.39 is 0 Å². The minimum Gasteiger partial charge on any atom is -0.387 e. The molecule has 1 aliphatic rings. The van der Waals surface area contributed by atoms with Crippen molar-refractivity contribution >= 4 is 28.4 Å². The van der Waals surface area contributed by atoms with Crippen molar-refractivity contribution in [2.75, 3.05) is 6.54 Å². The highest BCUT2D eigenvalue weighted by Gasteiger charge is 2.32.